The van der Waals surface area contributed by atoms with Crippen molar-refractivity contribution in [1.29, 1.82) is 0 Å². The number of morpholine rings is 1. The van der Waals surface area contributed by atoms with E-state index in [0.29, 0.717) is 13.2 Å². The fourth-order valence-electron chi connectivity index (χ4n) is 3.97. The summed E-state index contributed by atoms with van der Waals surface area (Å²) in [5, 5.41) is 0.975. The van der Waals surface area contributed by atoms with E-state index in [-0.39, 0.29) is 17.9 Å². The minimum atomic E-state index is -3.38. The van der Waals surface area contributed by atoms with Crippen molar-refractivity contribution < 1.29 is 13.2 Å². The van der Waals surface area contributed by atoms with Crippen LogP contribution in [0, 0.1) is 0 Å². The maximum atomic E-state index is 13.1. The third kappa shape index (κ3) is 2.94. The predicted octanol–water partition coefficient (Wildman–Crippen LogP) is 2.71. The number of sulfonamides is 1. The van der Waals surface area contributed by atoms with E-state index < -0.39 is 10.0 Å². The summed E-state index contributed by atoms with van der Waals surface area (Å²) in [6.07, 6.45) is 5.84. The number of pyridine rings is 1. The van der Waals surface area contributed by atoms with Crippen LogP contribution in [0.5, 0.6) is 0 Å². The van der Waals surface area contributed by atoms with E-state index in [1.54, 1.807) is 10.5 Å². The summed E-state index contributed by atoms with van der Waals surface area (Å²) in [5.41, 5.74) is 1.55. The first-order chi connectivity index (χ1) is 11.6. The lowest BCUT2D eigenvalue weighted by molar-refractivity contribution is -0.0586. The van der Waals surface area contributed by atoms with Gasteiger partial charge < -0.3 is 4.74 Å². The van der Waals surface area contributed by atoms with Crippen LogP contribution in [0.3, 0.4) is 0 Å². The molecule has 0 bridgehead atoms. The molecule has 2 atom stereocenters. The summed E-state index contributed by atoms with van der Waals surface area (Å²) >= 11 is 0. The van der Waals surface area contributed by atoms with Crippen molar-refractivity contribution in [2.24, 2.45) is 0 Å². The van der Waals surface area contributed by atoms with Crippen molar-refractivity contribution >= 4 is 20.9 Å². The number of fused-ring (bicyclic) bond motifs is 2. The van der Waals surface area contributed by atoms with Gasteiger partial charge in [0.1, 0.15) is 0 Å². The molecule has 128 valence electrons. The van der Waals surface area contributed by atoms with Crippen LogP contribution in [0.4, 0.5) is 0 Å². The molecule has 1 saturated carbocycles. The highest BCUT2D eigenvalue weighted by atomic mass is 32.2. The number of hydrogen-bond donors (Lipinski definition) is 0. The molecule has 1 saturated heterocycles. The Bertz CT molecular complexity index is 830. The SMILES string of the molecule is O=S(=O)(Cc1cccc2cccnc12)N1CCO[C@@H]2CCCC[C@H]21. The number of hydrogen-bond acceptors (Lipinski definition) is 4. The van der Waals surface area contributed by atoms with E-state index in [4.69, 9.17) is 4.74 Å². The lowest BCUT2D eigenvalue weighted by Gasteiger charge is -2.42. The smallest absolute Gasteiger partial charge is 0.218 e. The largest absolute Gasteiger partial charge is 0.375 e. The Morgan fingerprint density at radius 2 is 2.00 bits per heavy atom. The van der Waals surface area contributed by atoms with Crippen LogP contribution in [0.25, 0.3) is 10.9 Å². The summed E-state index contributed by atoms with van der Waals surface area (Å²) in [6.45, 7) is 0.954. The molecular weight excluding hydrogens is 324 g/mol. The minimum absolute atomic E-state index is 0.000403. The highest BCUT2D eigenvalue weighted by Crippen LogP contribution is 2.31. The summed E-state index contributed by atoms with van der Waals surface area (Å²) < 4.78 is 33.7. The second-order valence-electron chi connectivity index (χ2n) is 6.62. The molecule has 0 N–H and O–H groups in total. The van der Waals surface area contributed by atoms with E-state index in [9.17, 15) is 8.42 Å². The fraction of sp³-hybridized carbons (Fsp3) is 0.500. The van der Waals surface area contributed by atoms with Crippen molar-refractivity contribution in [2.75, 3.05) is 13.2 Å². The quantitative estimate of drug-likeness (QED) is 0.857. The van der Waals surface area contributed by atoms with Crippen molar-refractivity contribution in [3.63, 3.8) is 0 Å². The zero-order valence-electron chi connectivity index (χ0n) is 13.6. The molecule has 6 heteroatoms. The molecule has 0 spiro atoms. The molecule has 2 aliphatic rings. The molecule has 1 aromatic heterocycles. The van der Waals surface area contributed by atoms with Crippen molar-refractivity contribution in [3.05, 3.63) is 42.1 Å². The van der Waals surface area contributed by atoms with Gasteiger partial charge in [-0.15, -0.1) is 0 Å². The summed E-state index contributed by atoms with van der Waals surface area (Å²) in [5.74, 6) is 0.00454. The molecule has 5 nitrogen and oxygen atoms in total. The van der Waals surface area contributed by atoms with E-state index in [1.807, 2.05) is 30.3 Å². The third-order valence-electron chi connectivity index (χ3n) is 5.09. The molecular formula is C18H22N2O3S. The Labute approximate surface area is 142 Å². The number of ether oxygens (including phenoxy) is 1. The topological polar surface area (TPSA) is 59.5 Å². The molecule has 1 aliphatic carbocycles. The predicted molar refractivity (Wildman–Crippen MR) is 93.1 cm³/mol. The van der Waals surface area contributed by atoms with E-state index in [1.165, 1.54) is 0 Å². The Kier molecular flexibility index (Phi) is 4.28. The molecule has 4 rings (SSSR count). The first-order valence-corrected chi connectivity index (χ1v) is 10.2. The van der Waals surface area contributed by atoms with Gasteiger partial charge in [0.15, 0.2) is 0 Å². The van der Waals surface area contributed by atoms with Gasteiger partial charge >= 0.3 is 0 Å². The van der Waals surface area contributed by atoms with Crippen molar-refractivity contribution in [1.82, 2.24) is 9.29 Å². The average molecular weight is 346 g/mol. The maximum absolute atomic E-state index is 13.1. The van der Waals surface area contributed by atoms with Crippen LogP contribution < -0.4 is 0 Å². The highest BCUT2D eigenvalue weighted by Gasteiger charge is 2.40. The first kappa shape index (κ1) is 16.0. The summed E-state index contributed by atoms with van der Waals surface area (Å²) in [7, 11) is -3.38. The Morgan fingerprint density at radius 1 is 1.17 bits per heavy atom. The van der Waals surface area contributed by atoms with E-state index in [0.717, 1.165) is 42.1 Å². The highest BCUT2D eigenvalue weighted by molar-refractivity contribution is 7.88. The molecule has 24 heavy (non-hydrogen) atoms. The van der Waals surface area contributed by atoms with Gasteiger partial charge in [-0.2, -0.15) is 4.31 Å². The number of nitrogens with zero attached hydrogens (tertiary/aromatic N) is 2. The van der Waals surface area contributed by atoms with Crippen molar-refractivity contribution in [3.8, 4) is 0 Å². The van der Waals surface area contributed by atoms with Gasteiger partial charge in [0, 0.05) is 18.1 Å². The standard InChI is InChI=1S/C18H22N2O3S/c21-24(22,20-11-12-23-17-9-2-1-8-16(17)20)13-15-6-3-5-14-7-4-10-19-18(14)15/h3-7,10,16-17H,1-2,8-9,11-13H2/t16-,17-/m1/s1. The normalized spacial score (nSPS) is 25.5. The zero-order chi connectivity index (χ0) is 16.6. The van der Waals surface area contributed by atoms with Gasteiger partial charge in [-0.25, -0.2) is 8.42 Å². The van der Waals surface area contributed by atoms with Gasteiger partial charge in [0.05, 0.1) is 30.0 Å². The Hall–Kier alpha value is -1.50. The lowest BCUT2D eigenvalue weighted by Crippen LogP contribution is -2.54. The summed E-state index contributed by atoms with van der Waals surface area (Å²) in [6, 6.07) is 9.56. The summed E-state index contributed by atoms with van der Waals surface area (Å²) in [4.78, 5) is 4.38. The van der Waals surface area contributed by atoms with Crippen LogP contribution in [0.1, 0.15) is 31.2 Å². The number of rotatable bonds is 3. The molecule has 1 aliphatic heterocycles. The molecule has 2 fully saturated rings. The number of benzene rings is 1. The van der Waals surface area contributed by atoms with Gasteiger partial charge in [-0.3, -0.25) is 4.98 Å². The zero-order valence-corrected chi connectivity index (χ0v) is 14.4. The molecule has 0 radical (unpaired) electrons. The van der Waals surface area contributed by atoms with Crippen LogP contribution in [0.15, 0.2) is 36.5 Å². The monoisotopic (exact) mass is 346 g/mol. The van der Waals surface area contributed by atoms with Gasteiger partial charge in [0.25, 0.3) is 0 Å². The number of aromatic nitrogens is 1. The molecule has 0 unspecified atom stereocenters. The van der Waals surface area contributed by atoms with E-state index in [2.05, 4.69) is 4.98 Å². The van der Waals surface area contributed by atoms with Gasteiger partial charge in [0.2, 0.25) is 10.0 Å². The molecule has 2 aromatic rings. The minimum Gasteiger partial charge on any atom is -0.375 e. The fourth-order valence-corrected chi connectivity index (χ4v) is 5.77. The Morgan fingerprint density at radius 3 is 2.92 bits per heavy atom. The van der Waals surface area contributed by atoms with Crippen LogP contribution in [-0.2, 0) is 20.5 Å². The molecule has 1 aromatic carbocycles. The van der Waals surface area contributed by atoms with Crippen LogP contribution in [-0.4, -0.2) is 43.0 Å². The number of para-hydroxylation sites is 1. The van der Waals surface area contributed by atoms with Crippen molar-refractivity contribution in [2.45, 2.75) is 43.6 Å². The lowest BCUT2D eigenvalue weighted by atomic mass is 9.91. The van der Waals surface area contributed by atoms with Gasteiger partial charge in [-0.05, 0) is 24.5 Å². The van der Waals surface area contributed by atoms with Gasteiger partial charge in [-0.1, -0.05) is 37.1 Å². The average Bonchev–Trinajstić information content (AvgIpc) is 2.61. The van der Waals surface area contributed by atoms with Crippen LogP contribution >= 0.6 is 0 Å². The second kappa shape index (κ2) is 6.43. The second-order valence-corrected chi connectivity index (χ2v) is 8.54. The molecule has 2 heterocycles. The first-order valence-electron chi connectivity index (χ1n) is 8.59. The molecule has 0 amide bonds. The third-order valence-corrected chi connectivity index (χ3v) is 6.94. The maximum Gasteiger partial charge on any atom is 0.218 e. The Balaban J connectivity index is 1.65. The van der Waals surface area contributed by atoms with Crippen LogP contribution in [0.2, 0.25) is 0 Å². The van der Waals surface area contributed by atoms with E-state index >= 15 is 0 Å².